The first-order chi connectivity index (χ1) is 12.1. The van der Waals surface area contributed by atoms with Gasteiger partial charge in [0.25, 0.3) is 0 Å². The van der Waals surface area contributed by atoms with Gasteiger partial charge in [0.15, 0.2) is 11.5 Å². The molecule has 150 valence electrons. The summed E-state index contributed by atoms with van der Waals surface area (Å²) in [6.07, 6.45) is 5.14. The van der Waals surface area contributed by atoms with Gasteiger partial charge in [-0.2, -0.15) is 0 Å². The molecule has 0 aromatic heterocycles. The first-order valence-corrected chi connectivity index (χ1v) is 9.82. The standard InChI is InChI=1S/C20H26N2O3.2ClH/c23-14-4-3-13-9-15-20(24)5-7-21-10-16-19(20,17(13)18(14)25-16)6-8-22(15)11-12-1-2-12;;/h3-4,12,15-16,21,23-24H,1-2,5-11H2;2*1H/t15-,16+,19-,20-;;/m1../s1. The topological polar surface area (TPSA) is 65.0 Å². The molecule has 2 bridgehead atoms. The van der Waals surface area contributed by atoms with Crippen molar-refractivity contribution in [1.82, 2.24) is 10.2 Å². The average molecular weight is 415 g/mol. The van der Waals surface area contributed by atoms with Crippen molar-refractivity contribution >= 4 is 24.8 Å². The summed E-state index contributed by atoms with van der Waals surface area (Å²) in [4.78, 5) is 2.57. The maximum atomic E-state index is 12.1. The molecule has 6 rings (SSSR count). The lowest BCUT2D eigenvalue weighted by atomic mass is 9.52. The number of halogens is 2. The van der Waals surface area contributed by atoms with Gasteiger partial charge in [0.1, 0.15) is 6.10 Å². The summed E-state index contributed by atoms with van der Waals surface area (Å²) in [5.74, 6) is 1.69. The van der Waals surface area contributed by atoms with Crippen molar-refractivity contribution in [2.24, 2.45) is 5.92 Å². The van der Waals surface area contributed by atoms with E-state index < -0.39 is 5.60 Å². The number of rotatable bonds is 2. The van der Waals surface area contributed by atoms with Crippen LogP contribution in [0.5, 0.6) is 11.5 Å². The quantitative estimate of drug-likeness (QED) is 0.690. The summed E-state index contributed by atoms with van der Waals surface area (Å²) in [7, 11) is 0. The zero-order valence-corrected chi connectivity index (χ0v) is 17.0. The lowest BCUT2D eigenvalue weighted by Crippen LogP contribution is -2.74. The number of nitrogens with one attached hydrogen (secondary N) is 1. The summed E-state index contributed by atoms with van der Waals surface area (Å²) in [5.41, 5.74) is 1.24. The highest BCUT2D eigenvalue weighted by atomic mass is 35.5. The van der Waals surface area contributed by atoms with Crippen LogP contribution in [0.2, 0.25) is 0 Å². The van der Waals surface area contributed by atoms with Gasteiger partial charge in [-0.15, -0.1) is 24.8 Å². The number of nitrogens with zero attached hydrogens (tertiary/aromatic N) is 1. The van der Waals surface area contributed by atoms with Crippen LogP contribution < -0.4 is 10.1 Å². The number of aromatic hydroxyl groups is 1. The van der Waals surface area contributed by atoms with Gasteiger partial charge in [-0.25, -0.2) is 0 Å². The van der Waals surface area contributed by atoms with Crippen LogP contribution in [-0.2, 0) is 11.8 Å². The number of hydrogen-bond donors (Lipinski definition) is 3. The molecule has 2 saturated heterocycles. The molecule has 3 heterocycles. The Labute approximate surface area is 172 Å². The Morgan fingerprint density at radius 3 is 2.81 bits per heavy atom. The maximum Gasteiger partial charge on any atom is 0.165 e. The predicted molar refractivity (Wildman–Crippen MR) is 108 cm³/mol. The fourth-order valence-electron chi connectivity index (χ4n) is 6.34. The highest BCUT2D eigenvalue weighted by Crippen LogP contribution is 2.63. The molecule has 5 nitrogen and oxygen atoms in total. The number of phenolic OH excluding ortho intramolecular Hbond substituents is 1. The number of benzene rings is 1. The Morgan fingerprint density at radius 2 is 2.04 bits per heavy atom. The van der Waals surface area contributed by atoms with E-state index in [1.165, 1.54) is 18.4 Å². The Morgan fingerprint density at radius 1 is 1.22 bits per heavy atom. The number of likely N-dealkylation sites (tertiary alicyclic amines) is 1. The van der Waals surface area contributed by atoms with Gasteiger partial charge in [-0.1, -0.05) is 6.07 Å². The molecule has 4 atom stereocenters. The number of aliphatic hydroxyl groups is 1. The normalized spacial score (nSPS) is 38.7. The van der Waals surface area contributed by atoms with Crippen molar-refractivity contribution in [2.45, 2.75) is 55.3 Å². The predicted octanol–water partition coefficient (Wildman–Crippen LogP) is 2.00. The SMILES string of the molecule is Cl.Cl.Oc1ccc2c3c1O[C@H]1CNCC[C@@]4(O)[C@@H](C2)N(CC2CC2)CC[C@]314. The third-order valence-corrected chi connectivity index (χ3v) is 7.65. The molecular formula is C20H28Cl2N2O3. The van der Waals surface area contributed by atoms with Crippen molar-refractivity contribution in [3.05, 3.63) is 23.3 Å². The molecule has 1 spiro atoms. The molecule has 3 fully saturated rings. The number of phenols is 1. The number of ether oxygens (including phenoxy) is 1. The summed E-state index contributed by atoms with van der Waals surface area (Å²) in [6.45, 7) is 3.72. The second-order valence-electron chi connectivity index (χ2n) is 8.81. The Bertz CT molecular complexity index is 759. The second kappa shape index (κ2) is 6.39. The van der Waals surface area contributed by atoms with E-state index in [1.54, 1.807) is 6.07 Å². The highest BCUT2D eigenvalue weighted by molar-refractivity contribution is 5.85. The largest absolute Gasteiger partial charge is 0.504 e. The summed E-state index contributed by atoms with van der Waals surface area (Å²) >= 11 is 0. The van der Waals surface area contributed by atoms with E-state index in [2.05, 4.69) is 16.3 Å². The molecule has 2 aliphatic carbocycles. The van der Waals surface area contributed by atoms with E-state index in [0.717, 1.165) is 56.9 Å². The van der Waals surface area contributed by atoms with Crippen molar-refractivity contribution in [3.8, 4) is 11.5 Å². The fourth-order valence-corrected chi connectivity index (χ4v) is 6.34. The van der Waals surface area contributed by atoms with Crippen LogP contribution in [0.3, 0.4) is 0 Å². The molecule has 5 aliphatic rings. The van der Waals surface area contributed by atoms with Crippen LogP contribution in [0, 0.1) is 5.92 Å². The third kappa shape index (κ3) is 2.35. The molecule has 0 amide bonds. The Balaban J connectivity index is 0.000000900. The smallest absolute Gasteiger partial charge is 0.165 e. The highest BCUT2D eigenvalue weighted by Gasteiger charge is 2.70. The lowest BCUT2D eigenvalue weighted by Gasteiger charge is -2.60. The van der Waals surface area contributed by atoms with Crippen LogP contribution in [0.1, 0.15) is 36.8 Å². The van der Waals surface area contributed by atoms with E-state index in [9.17, 15) is 10.2 Å². The van der Waals surface area contributed by atoms with Gasteiger partial charge in [0.2, 0.25) is 0 Å². The van der Waals surface area contributed by atoms with Crippen LogP contribution >= 0.6 is 24.8 Å². The van der Waals surface area contributed by atoms with Crippen LogP contribution in [0.4, 0.5) is 0 Å². The first kappa shape index (κ1) is 19.6. The van der Waals surface area contributed by atoms with Gasteiger partial charge in [-0.3, -0.25) is 4.90 Å². The van der Waals surface area contributed by atoms with Gasteiger partial charge >= 0.3 is 0 Å². The van der Waals surface area contributed by atoms with Gasteiger partial charge < -0.3 is 20.3 Å². The van der Waals surface area contributed by atoms with Crippen molar-refractivity contribution in [2.75, 3.05) is 26.2 Å². The Hall–Kier alpha value is -0.720. The monoisotopic (exact) mass is 414 g/mol. The number of piperidine rings is 1. The fraction of sp³-hybridized carbons (Fsp3) is 0.700. The zero-order valence-electron chi connectivity index (χ0n) is 15.3. The van der Waals surface area contributed by atoms with E-state index in [-0.39, 0.29) is 48.1 Å². The molecule has 0 unspecified atom stereocenters. The second-order valence-corrected chi connectivity index (χ2v) is 8.81. The minimum absolute atomic E-state index is 0. The summed E-state index contributed by atoms with van der Waals surface area (Å²) in [5, 5.41) is 26.0. The third-order valence-electron chi connectivity index (χ3n) is 7.65. The molecule has 0 radical (unpaired) electrons. The van der Waals surface area contributed by atoms with Crippen molar-refractivity contribution in [3.63, 3.8) is 0 Å². The molecule has 27 heavy (non-hydrogen) atoms. The maximum absolute atomic E-state index is 12.1. The molecule has 1 aromatic rings. The van der Waals surface area contributed by atoms with E-state index in [4.69, 9.17) is 4.74 Å². The summed E-state index contributed by atoms with van der Waals surface area (Å²) < 4.78 is 6.29. The minimum atomic E-state index is -0.777. The zero-order chi connectivity index (χ0) is 16.8. The van der Waals surface area contributed by atoms with Crippen molar-refractivity contribution in [1.29, 1.82) is 0 Å². The summed E-state index contributed by atoms with van der Waals surface area (Å²) in [6, 6.07) is 4.00. The molecule has 3 N–H and O–H groups in total. The average Bonchev–Trinajstić information content (AvgIpc) is 3.35. The van der Waals surface area contributed by atoms with Gasteiger partial charge in [0, 0.05) is 24.7 Å². The van der Waals surface area contributed by atoms with Crippen LogP contribution in [-0.4, -0.2) is 59.0 Å². The lowest BCUT2D eigenvalue weighted by molar-refractivity contribution is -0.162. The van der Waals surface area contributed by atoms with Crippen LogP contribution in [0.15, 0.2) is 12.1 Å². The molecule has 1 saturated carbocycles. The minimum Gasteiger partial charge on any atom is -0.504 e. The molecule has 1 aromatic carbocycles. The van der Waals surface area contributed by atoms with Crippen LogP contribution in [0.25, 0.3) is 0 Å². The van der Waals surface area contributed by atoms with E-state index in [1.807, 2.05) is 0 Å². The van der Waals surface area contributed by atoms with Gasteiger partial charge in [0.05, 0.1) is 11.0 Å². The van der Waals surface area contributed by atoms with Crippen molar-refractivity contribution < 1.29 is 14.9 Å². The molecule has 7 heteroatoms. The van der Waals surface area contributed by atoms with E-state index in [0.29, 0.717) is 5.75 Å². The molecular weight excluding hydrogens is 387 g/mol. The Kier molecular flexibility index (Phi) is 4.64. The van der Waals surface area contributed by atoms with E-state index >= 15 is 0 Å². The number of hydrogen-bond acceptors (Lipinski definition) is 5. The molecule has 3 aliphatic heterocycles. The van der Waals surface area contributed by atoms with Gasteiger partial charge in [-0.05, 0) is 62.7 Å². The first-order valence-electron chi connectivity index (χ1n) is 9.82.